The molecule has 1 saturated heterocycles. The molecule has 14 heteroatoms. The van der Waals surface area contributed by atoms with E-state index in [0.717, 1.165) is 0 Å². The van der Waals surface area contributed by atoms with Crippen molar-refractivity contribution in [2.24, 2.45) is 44.8 Å². The third-order valence-electron chi connectivity index (χ3n) is 16.0. The van der Waals surface area contributed by atoms with E-state index in [9.17, 15) is 33.6 Å². The van der Waals surface area contributed by atoms with Gasteiger partial charge in [-0.15, -0.1) is 0 Å². The monoisotopic (exact) mass is 832 g/mol. The Balaban J connectivity index is 1.61. The topological polar surface area (TPSA) is 184 Å². The van der Waals surface area contributed by atoms with Crippen LogP contribution in [-0.2, 0) is 61.9 Å². The molecule has 0 amide bonds. The number of esters is 6. The van der Waals surface area contributed by atoms with Crippen LogP contribution in [0.2, 0.25) is 0 Å². The number of ketones is 1. The second-order valence-corrected chi connectivity index (χ2v) is 18.8. The molecule has 324 valence electrons. The van der Waals surface area contributed by atoms with Gasteiger partial charge in [0.05, 0.1) is 18.1 Å². The third-order valence-corrected chi connectivity index (χ3v) is 16.0. The molecule has 0 aromatic heterocycles. The summed E-state index contributed by atoms with van der Waals surface area (Å²) in [5.74, 6) is -6.31. The molecule has 14 atom stereocenters. The van der Waals surface area contributed by atoms with Crippen LogP contribution < -0.4 is 0 Å². The summed E-state index contributed by atoms with van der Waals surface area (Å²) >= 11 is 0. The molecule has 3 saturated carbocycles. The van der Waals surface area contributed by atoms with Gasteiger partial charge in [0.15, 0.2) is 23.8 Å². The highest BCUT2D eigenvalue weighted by Crippen LogP contribution is 2.82. The van der Waals surface area contributed by atoms with Crippen molar-refractivity contribution >= 4 is 41.6 Å². The Hall–Kier alpha value is -5.01. The van der Waals surface area contributed by atoms with Crippen molar-refractivity contribution in [3.8, 4) is 0 Å². The second-order valence-electron chi connectivity index (χ2n) is 18.8. The Bertz CT molecular complexity index is 2140. The summed E-state index contributed by atoms with van der Waals surface area (Å²) in [4.78, 5) is 96.3. The highest BCUT2D eigenvalue weighted by atomic mass is 16.6. The van der Waals surface area contributed by atoms with Gasteiger partial charge in [-0.25, -0.2) is 4.79 Å². The molecule has 2 spiro atoms. The summed E-state index contributed by atoms with van der Waals surface area (Å²) in [5.41, 5.74) is -7.18. The van der Waals surface area contributed by atoms with E-state index in [2.05, 4.69) is 0 Å². The van der Waals surface area contributed by atoms with Crippen molar-refractivity contribution in [1.82, 2.24) is 0 Å². The van der Waals surface area contributed by atoms with E-state index >= 15 is 0 Å². The molecule has 1 aromatic rings. The number of allylic oxidation sites excluding steroid dienone is 2. The van der Waals surface area contributed by atoms with Gasteiger partial charge in [-0.05, 0) is 69.2 Å². The fourth-order valence-electron chi connectivity index (χ4n) is 13.9. The van der Waals surface area contributed by atoms with Crippen molar-refractivity contribution in [2.45, 2.75) is 132 Å². The summed E-state index contributed by atoms with van der Waals surface area (Å²) in [6.07, 6.45) is -4.25. The number of Topliss-reactive ketones (excluding diaryl/α,β-unsaturated/α-hetero) is 1. The van der Waals surface area contributed by atoms with Crippen LogP contribution in [0.25, 0.3) is 0 Å². The largest absolute Gasteiger partial charge is 0.493 e. The number of ether oxygens (including phenoxy) is 7. The van der Waals surface area contributed by atoms with Crippen molar-refractivity contribution in [3.05, 3.63) is 58.9 Å². The molecule has 1 heterocycles. The van der Waals surface area contributed by atoms with Crippen molar-refractivity contribution < 1.29 is 66.7 Å². The van der Waals surface area contributed by atoms with E-state index in [0.29, 0.717) is 11.1 Å². The molecule has 1 aromatic carbocycles. The van der Waals surface area contributed by atoms with Crippen molar-refractivity contribution in [2.75, 3.05) is 7.11 Å². The van der Waals surface area contributed by atoms with E-state index in [4.69, 9.17) is 33.2 Å². The summed E-state index contributed by atoms with van der Waals surface area (Å²) in [6, 6.07) is 8.30. The number of methoxy groups -OCH3 is 1. The molecule has 5 aliphatic carbocycles. The van der Waals surface area contributed by atoms with E-state index in [1.54, 1.807) is 50.3 Å². The number of fused-ring (bicyclic) bond motifs is 5. The summed E-state index contributed by atoms with van der Waals surface area (Å²) in [6.45, 7) is 17.9. The van der Waals surface area contributed by atoms with Gasteiger partial charge in [0.2, 0.25) is 0 Å². The number of benzene rings is 1. The molecule has 4 fully saturated rings. The van der Waals surface area contributed by atoms with Gasteiger partial charge < -0.3 is 33.2 Å². The standard InChI is InChI=1S/C46H56O14/c1-22-18-33(59-39(52)29-16-14-13-15-17-29)44(11)38(58-28(7)50)37(57-27(6)49)42(9)21-45(44,60-40(42)53)46(22)24(3)36(56-26(5)48)43(10)32-19-30(51)34(54-12)23(2)41(32,8)20-31(35(43)46)55-25(4)47/h13-18,24,31-33,35-38H,19-21H2,1-12H3. The van der Waals surface area contributed by atoms with Gasteiger partial charge in [0, 0.05) is 63.2 Å². The zero-order chi connectivity index (χ0) is 44.3. The Morgan fingerprint density at radius 1 is 0.750 bits per heavy atom. The molecule has 14 nitrogen and oxygen atoms in total. The van der Waals surface area contributed by atoms with Crippen LogP contribution in [0.4, 0.5) is 0 Å². The maximum atomic E-state index is 15.0. The summed E-state index contributed by atoms with van der Waals surface area (Å²) in [5, 5.41) is 0. The predicted octanol–water partition coefficient (Wildman–Crippen LogP) is 5.79. The predicted molar refractivity (Wildman–Crippen MR) is 210 cm³/mol. The van der Waals surface area contributed by atoms with Crippen LogP contribution in [0.3, 0.4) is 0 Å². The first-order valence-electron chi connectivity index (χ1n) is 20.6. The Morgan fingerprint density at radius 3 is 1.88 bits per heavy atom. The average Bonchev–Trinajstić information content (AvgIpc) is 3.53. The number of hydrogen-bond donors (Lipinski definition) is 0. The summed E-state index contributed by atoms with van der Waals surface area (Å²) < 4.78 is 44.3. The highest BCUT2D eigenvalue weighted by Gasteiger charge is 2.90. The Labute approximate surface area is 350 Å². The fraction of sp³-hybridized carbons (Fsp3) is 0.630. The van der Waals surface area contributed by atoms with Gasteiger partial charge in [-0.2, -0.15) is 0 Å². The molecule has 0 N–H and O–H groups in total. The lowest BCUT2D eigenvalue weighted by Crippen LogP contribution is -2.78. The lowest BCUT2D eigenvalue weighted by Gasteiger charge is -2.69. The lowest BCUT2D eigenvalue weighted by molar-refractivity contribution is -0.291. The number of carbonyl (C=O) groups is 7. The second kappa shape index (κ2) is 14.0. The Morgan fingerprint density at radius 2 is 1.32 bits per heavy atom. The molecule has 0 radical (unpaired) electrons. The minimum absolute atomic E-state index is 0.00378. The van der Waals surface area contributed by atoms with Crippen LogP contribution in [0.15, 0.2) is 53.3 Å². The van der Waals surface area contributed by atoms with E-state index in [1.807, 2.05) is 34.6 Å². The van der Waals surface area contributed by atoms with Gasteiger partial charge in [-0.3, -0.25) is 28.8 Å². The first-order valence-corrected chi connectivity index (χ1v) is 20.6. The minimum Gasteiger partial charge on any atom is -0.493 e. The van der Waals surface area contributed by atoms with Gasteiger partial charge in [0.1, 0.15) is 29.3 Å². The molecule has 14 unspecified atom stereocenters. The number of hydrogen-bond acceptors (Lipinski definition) is 14. The van der Waals surface area contributed by atoms with E-state index in [-0.39, 0.29) is 36.4 Å². The molecule has 60 heavy (non-hydrogen) atoms. The molecule has 2 bridgehead atoms. The molecular formula is C46H56O14. The van der Waals surface area contributed by atoms with Crippen molar-refractivity contribution in [1.29, 1.82) is 0 Å². The minimum atomic E-state index is -1.81. The number of carbonyl (C=O) groups excluding carboxylic acids is 7. The maximum absolute atomic E-state index is 15.0. The SMILES string of the molecule is COC1=C(C)C2(C)CC(OC(C)=O)C3C(C)(C(OC(C)=O)C(C)C34C(C)=CC(OC(=O)c3ccccc3)C3(C)C(OC(C)=O)C(OC(C)=O)C5(C)CC34OC5=O)C2CC1=O. The first-order chi connectivity index (χ1) is 27.9. The highest BCUT2D eigenvalue weighted by molar-refractivity contribution is 5.96. The molecule has 7 rings (SSSR count). The van der Waals surface area contributed by atoms with Crippen LogP contribution in [-0.4, -0.2) is 84.8 Å². The van der Waals surface area contributed by atoms with Crippen LogP contribution in [0.1, 0.15) is 106 Å². The normalized spacial score (nSPS) is 42.4. The maximum Gasteiger partial charge on any atom is 0.338 e. The smallest absolute Gasteiger partial charge is 0.338 e. The quantitative estimate of drug-likeness (QED) is 0.183. The zero-order valence-electron chi connectivity index (χ0n) is 36.4. The lowest BCUT2D eigenvalue weighted by atomic mass is 9.36. The van der Waals surface area contributed by atoms with E-state index in [1.165, 1.54) is 34.8 Å². The third kappa shape index (κ3) is 5.39. The zero-order valence-corrected chi connectivity index (χ0v) is 36.4. The summed E-state index contributed by atoms with van der Waals surface area (Å²) in [7, 11) is 1.44. The Kier molecular flexibility index (Phi) is 10.1. The van der Waals surface area contributed by atoms with Gasteiger partial charge in [-0.1, -0.05) is 44.5 Å². The molecular weight excluding hydrogens is 776 g/mol. The van der Waals surface area contributed by atoms with Crippen LogP contribution in [0, 0.1) is 44.8 Å². The number of rotatable bonds is 7. The first kappa shape index (κ1) is 43.1. The fourth-order valence-corrected chi connectivity index (χ4v) is 13.9. The molecule has 6 aliphatic rings. The van der Waals surface area contributed by atoms with Crippen LogP contribution >= 0.6 is 0 Å². The van der Waals surface area contributed by atoms with Crippen molar-refractivity contribution in [3.63, 3.8) is 0 Å². The molecule has 1 aliphatic heterocycles. The van der Waals surface area contributed by atoms with Gasteiger partial charge >= 0.3 is 35.8 Å². The van der Waals surface area contributed by atoms with E-state index < -0.39 is 117 Å². The van der Waals surface area contributed by atoms with Crippen LogP contribution in [0.5, 0.6) is 0 Å². The average molecular weight is 833 g/mol. The van der Waals surface area contributed by atoms with Gasteiger partial charge in [0.25, 0.3) is 0 Å².